The van der Waals surface area contributed by atoms with Gasteiger partial charge in [-0.3, -0.25) is 4.98 Å². The maximum Gasteiger partial charge on any atom is 0.191 e. The lowest BCUT2D eigenvalue weighted by Crippen LogP contribution is -2.41. The summed E-state index contributed by atoms with van der Waals surface area (Å²) in [5.74, 6) is 2.77. The van der Waals surface area contributed by atoms with E-state index in [4.69, 9.17) is 28.4 Å². The number of ether oxygens (including phenoxy) is 4. The van der Waals surface area contributed by atoms with Gasteiger partial charge in [0, 0.05) is 22.8 Å². The van der Waals surface area contributed by atoms with E-state index < -0.39 is 8.32 Å². The third-order valence-corrected chi connectivity index (χ3v) is 13.3. The maximum absolute atomic E-state index is 6.55. The highest BCUT2D eigenvalue weighted by atomic mass is 28.4. The van der Waals surface area contributed by atoms with Crippen molar-refractivity contribution < 1.29 is 23.4 Å². The van der Waals surface area contributed by atoms with Crippen molar-refractivity contribution >= 4 is 40.8 Å². The van der Waals surface area contributed by atoms with Crippen LogP contribution < -0.4 is 18.9 Å². The second-order valence-corrected chi connectivity index (χ2v) is 17.3. The zero-order valence-electron chi connectivity index (χ0n) is 26.7. The molecule has 0 saturated carbocycles. The molecule has 0 fully saturated rings. The number of hydrogen-bond donors (Lipinski definition) is 0. The minimum atomic E-state index is -1.86. The monoisotopic (exact) mass is 597 g/mol. The minimum absolute atomic E-state index is 0.158. The second-order valence-electron chi connectivity index (χ2n) is 12.5. The molecule has 0 aliphatic heterocycles. The van der Waals surface area contributed by atoms with Crippen LogP contribution in [0.1, 0.15) is 38.4 Å². The first kappa shape index (κ1) is 30.6. The van der Waals surface area contributed by atoms with Crippen molar-refractivity contribution in [3.63, 3.8) is 0 Å². The van der Waals surface area contributed by atoms with Crippen LogP contribution in [0.15, 0.2) is 66.7 Å². The highest BCUT2D eigenvalue weighted by Gasteiger charge is 2.36. The Bertz CT molecular complexity index is 1740. The summed E-state index contributed by atoms with van der Waals surface area (Å²) < 4.78 is 30.2. The van der Waals surface area contributed by atoms with Gasteiger partial charge in [0.25, 0.3) is 0 Å². The molecule has 43 heavy (non-hydrogen) atoms. The van der Waals surface area contributed by atoms with Crippen LogP contribution in [0.5, 0.6) is 23.0 Å². The molecule has 226 valence electrons. The van der Waals surface area contributed by atoms with Gasteiger partial charge >= 0.3 is 0 Å². The highest BCUT2D eigenvalue weighted by Crippen LogP contribution is 2.43. The Labute approximate surface area is 256 Å². The zero-order valence-corrected chi connectivity index (χ0v) is 27.7. The van der Waals surface area contributed by atoms with Crippen molar-refractivity contribution in [3.8, 4) is 23.0 Å². The summed E-state index contributed by atoms with van der Waals surface area (Å²) in [5.41, 5.74) is 2.97. The summed E-state index contributed by atoms with van der Waals surface area (Å²) in [6, 6.07) is 22.6. The fourth-order valence-electron chi connectivity index (χ4n) is 5.24. The molecular weight excluding hydrogens is 554 g/mol. The second kappa shape index (κ2) is 12.4. The van der Waals surface area contributed by atoms with Crippen LogP contribution in [-0.2, 0) is 17.5 Å². The number of pyridine rings is 1. The highest BCUT2D eigenvalue weighted by molar-refractivity contribution is 6.74. The van der Waals surface area contributed by atoms with E-state index in [9.17, 15) is 0 Å². The number of rotatable bonds is 11. The van der Waals surface area contributed by atoms with Gasteiger partial charge in [0.15, 0.2) is 31.3 Å². The average molecular weight is 598 g/mol. The Kier molecular flexibility index (Phi) is 8.85. The first-order valence-corrected chi connectivity index (χ1v) is 17.8. The van der Waals surface area contributed by atoms with Gasteiger partial charge in [0.1, 0.15) is 6.61 Å². The van der Waals surface area contributed by atoms with Gasteiger partial charge in [-0.15, -0.1) is 0 Å². The zero-order chi connectivity index (χ0) is 30.8. The average Bonchev–Trinajstić information content (AvgIpc) is 3.00. The van der Waals surface area contributed by atoms with E-state index in [-0.39, 0.29) is 5.04 Å². The van der Waals surface area contributed by atoms with Gasteiger partial charge < -0.3 is 23.4 Å². The molecule has 6 nitrogen and oxygen atoms in total. The lowest BCUT2D eigenvalue weighted by Gasteiger charge is -2.36. The van der Waals surface area contributed by atoms with E-state index in [0.717, 1.165) is 56.5 Å². The molecule has 7 heteroatoms. The Hall–Kier alpha value is -3.81. The standard InChI is InChI=1S/C36H43NO5Si/c1-36(2,3)43(7,8)42-20-12-15-29-33-26(18-19-30(38-4)35(33)41-23-24-13-10-9-11-14-24)27-17-16-25-21-31(39-5)32(40-6)22-28(25)34(27)37-29/h9-11,13-14,16-19,21-22H,12,15,20,23H2,1-8H3. The van der Waals surface area contributed by atoms with Crippen LogP contribution in [-0.4, -0.2) is 41.2 Å². The molecule has 1 heterocycles. The van der Waals surface area contributed by atoms with E-state index >= 15 is 0 Å². The predicted octanol–water partition coefficient (Wildman–Crippen LogP) is 9.10. The lowest BCUT2D eigenvalue weighted by atomic mass is 9.97. The van der Waals surface area contributed by atoms with Crippen molar-refractivity contribution in [1.29, 1.82) is 0 Å². The fourth-order valence-corrected chi connectivity index (χ4v) is 6.32. The molecule has 0 atom stereocenters. The van der Waals surface area contributed by atoms with Crippen LogP contribution >= 0.6 is 0 Å². The molecule has 4 aromatic carbocycles. The minimum Gasteiger partial charge on any atom is -0.493 e. The molecule has 5 rings (SSSR count). The molecule has 5 aromatic rings. The Morgan fingerprint density at radius 2 is 1.42 bits per heavy atom. The summed E-state index contributed by atoms with van der Waals surface area (Å²) in [6.07, 6.45) is 1.58. The van der Waals surface area contributed by atoms with Crippen molar-refractivity contribution in [2.24, 2.45) is 0 Å². The number of methoxy groups -OCH3 is 3. The molecule has 0 amide bonds. The van der Waals surface area contributed by atoms with E-state index in [1.54, 1.807) is 21.3 Å². The maximum atomic E-state index is 6.55. The van der Waals surface area contributed by atoms with Crippen LogP contribution in [0, 0.1) is 0 Å². The first-order valence-electron chi connectivity index (χ1n) is 14.9. The molecule has 0 spiro atoms. The number of hydrogen-bond acceptors (Lipinski definition) is 6. The number of aryl methyl sites for hydroxylation is 1. The Balaban J connectivity index is 1.67. The van der Waals surface area contributed by atoms with E-state index in [2.05, 4.69) is 64.2 Å². The van der Waals surface area contributed by atoms with Gasteiger partial charge in [0.2, 0.25) is 0 Å². The van der Waals surface area contributed by atoms with Crippen LogP contribution in [0.3, 0.4) is 0 Å². The molecule has 0 aliphatic carbocycles. The first-order chi connectivity index (χ1) is 20.6. The van der Waals surface area contributed by atoms with E-state index in [0.29, 0.717) is 36.2 Å². The lowest BCUT2D eigenvalue weighted by molar-refractivity contribution is 0.281. The number of fused-ring (bicyclic) bond motifs is 5. The SMILES string of the molecule is COc1cc2ccc3c4ccc(OC)c(OCc5ccccc5)c4c(CCCO[Si](C)(C)C(C)(C)C)nc3c2cc1OC. The van der Waals surface area contributed by atoms with Crippen molar-refractivity contribution in [2.75, 3.05) is 27.9 Å². The normalized spacial score (nSPS) is 12.2. The van der Waals surface area contributed by atoms with E-state index in [1.807, 2.05) is 36.4 Å². The molecule has 0 radical (unpaired) electrons. The summed E-state index contributed by atoms with van der Waals surface area (Å²) in [6.45, 7) is 12.5. The van der Waals surface area contributed by atoms with Gasteiger partial charge in [-0.25, -0.2) is 0 Å². The van der Waals surface area contributed by atoms with Crippen molar-refractivity contribution in [2.45, 2.75) is 58.4 Å². The van der Waals surface area contributed by atoms with Gasteiger partial charge in [-0.05, 0) is 71.6 Å². The number of nitrogens with zero attached hydrogens (tertiary/aromatic N) is 1. The molecular formula is C36H43NO5Si. The molecule has 0 aliphatic rings. The van der Waals surface area contributed by atoms with Gasteiger partial charge in [-0.1, -0.05) is 63.2 Å². The van der Waals surface area contributed by atoms with Gasteiger partial charge in [-0.2, -0.15) is 0 Å². The van der Waals surface area contributed by atoms with Crippen LogP contribution in [0.25, 0.3) is 32.4 Å². The fraction of sp³-hybridized carbons (Fsp3) is 0.361. The van der Waals surface area contributed by atoms with Crippen LogP contribution in [0.2, 0.25) is 18.1 Å². The molecule has 1 aromatic heterocycles. The number of aromatic nitrogens is 1. The smallest absolute Gasteiger partial charge is 0.191 e. The number of benzene rings is 4. The third-order valence-electron chi connectivity index (χ3n) is 8.72. The molecule has 0 saturated heterocycles. The Morgan fingerprint density at radius 1 is 0.744 bits per heavy atom. The molecule has 0 bridgehead atoms. The van der Waals surface area contributed by atoms with Crippen molar-refractivity contribution in [1.82, 2.24) is 4.98 Å². The summed E-state index contributed by atoms with van der Waals surface area (Å²) in [7, 11) is 3.14. The van der Waals surface area contributed by atoms with E-state index in [1.165, 1.54) is 0 Å². The third kappa shape index (κ3) is 6.15. The Morgan fingerprint density at radius 3 is 2.09 bits per heavy atom. The summed E-state index contributed by atoms with van der Waals surface area (Å²) >= 11 is 0. The van der Waals surface area contributed by atoms with Crippen LogP contribution in [0.4, 0.5) is 0 Å². The molecule has 0 unspecified atom stereocenters. The summed E-state index contributed by atoms with van der Waals surface area (Å²) in [4.78, 5) is 5.36. The predicted molar refractivity (Wildman–Crippen MR) is 179 cm³/mol. The quantitative estimate of drug-likeness (QED) is 0.0860. The topological polar surface area (TPSA) is 59.0 Å². The van der Waals surface area contributed by atoms with Crippen molar-refractivity contribution in [3.05, 3.63) is 78.0 Å². The largest absolute Gasteiger partial charge is 0.493 e. The molecule has 0 N–H and O–H groups in total. The van der Waals surface area contributed by atoms with Gasteiger partial charge in [0.05, 0.1) is 32.5 Å². The summed E-state index contributed by atoms with van der Waals surface area (Å²) in [5, 5.41) is 5.31.